The molecule has 0 radical (unpaired) electrons. The number of ether oxygens (including phenoxy) is 2. The largest absolute Gasteiger partial charge is 0.385 e. The van der Waals surface area contributed by atoms with Crippen molar-refractivity contribution in [3.63, 3.8) is 0 Å². The van der Waals surface area contributed by atoms with Crippen molar-refractivity contribution in [2.75, 3.05) is 33.4 Å². The third-order valence-corrected chi connectivity index (χ3v) is 3.80. The summed E-state index contributed by atoms with van der Waals surface area (Å²) in [5, 5.41) is 0. The van der Waals surface area contributed by atoms with Crippen LogP contribution in [0.2, 0.25) is 0 Å². The topological polar surface area (TPSA) is 64.8 Å². The van der Waals surface area contributed by atoms with Crippen LogP contribution in [0.25, 0.3) is 0 Å². The van der Waals surface area contributed by atoms with Crippen molar-refractivity contribution in [1.29, 1.82) is 0 Å². The summed E-state index contributed by atoms with van der Waals surface area (Å²) in [5.41, 5.74) is 5.85. The second-order valence-corrected chi connectivity index (χ2v) is 6.59. The highest BCUT2D eigenvalue weighted by molar-refractivity contribution is 5.82. The van der Waals surface area contributed by atoms with E-state index in [1.807, 2.05) is 25.7 Å². The molecule has 0 saturated carbocycles. The number of carbonyl (C=O) groups excluding carboxylic acids is 1. The molecule has 2 N–H and O–H groups in total. The van der Waals surface area contributed by atoms with Gasteiger partial charge in [0, 0.05) is 33.4 Å². The number of methoxy groups -OCH3 is 1. The first-order chi connectivity index (χ1) is 9.36. The third-order valence-electron chi connectivity index (χ3n) is 3.80. The van der Waals surface area contributed by atoms with E-state index in [4.69, 9.17) is 15.2 Å². The maximum atomic E-state index is 12.3. The van der Waals surface area contributed by atoms with Crippen LogP contribution in [0.1, 0.15) is 40.0 Å². The Morgan fingerprint density at radius 2 is 1.90 bits per heavy atom. The number of nitrogens with zero attached hydrogens (tertiary/aromatic N) is 1. The van der Waals surface area contributed by atoms with Gasteiger partial charge in [0.15, 0.2) is 0 Å². The number of hydrogen-bond donors (Lipinski definition) is 1. The zero-order chi connectivity index (χ0) is 15.2. The van der Waals surface area contributed by atoms with Gasteiger partial charge in [-0.15, -0.1) is 0 Å². The second-order valence-electron chi connectivity index (χ2n) is 6.59. The molecule has 1 saturated heterocycles. The molecule has 1 aliphatic rings. The molecule has 20 heavy (non-hydrogen) atoms. The van der Waals surface area contributed by atoms with Gasteiger partial charge in [-0.3, -0.25) is 4.79 Å². The molecule has 0 spiro atoms. The van der Waals surface area contributed by atoms with Crippen LogP contribution >= 0.6 is 0 Å². The minimum Gasteiger partial charge on any atom is -0.385 e. The summed E-state index contributed by atoms with van der Waals surface area (Å²) in [6.45, 7) is 8.96. The molecule has 5 nitrogen and oxygen atoms in total. The number of hydrogen-bond acceptors (Lipinski definition) is 4. The summed E-state index contributed by atoms with van der Waals surface area (Å²) < 4.78 is 10.8. The molecule has 0 unspecified atom stereocenters. The van der Waals surface area contributed by atoms with E-state index in [0.717, 1.165) is 45.6 Å². The van der Waals surface area contributed by atoms with Crippen molar-refractivity contribution < 1.29 is 14.3 Å². The van der Waals surface area contributed by atoms with Crippen LogP contribution in [0.3, 0.4) is 0 Å². The SMILES string of the molecule is COCCCOC1CCN(C(=O)[C@@H](N)C(C)(C)C)CC1. The third kappa shape index (κ3) is 5.38. The Bertz CT molecular complexity index is 294. The summed E-state index contributed by atoms with van der Waals surface area (Å²) in [7, 11) is 1.70. The lowest BCUT2D eigenvalue weighted by molar-refractivity contribution is -0.137. The van der Waals surface area contributed by atoms with Gasteiger partial charge < -0.3 is 20.1 Å². The molecule has 1 aliphatic heterocycles. The minimum absolute atomic E-state index is 0.0651. The Morgan fingerprint density at radius 3 is 2.40 bits per heavy atom. The van der Waals surface area contributed by atoms with Crippen LogP contribution in [0.15, 0.2) is 0 Å². The smallest absolute Gasteiger partial charge is 0.240 e. The molecule has 118 valence electrons. The molecule has 0 aliphatic carbocycles. The molecule has 0 aromatic carbocycles. The molecular formula is C15H30N2O3. The fraction of sp³-hybridized carbons (Fsp3) is 0.933. The highest BCUT2D eigenvalue weighted by atomic mass is 16.5. The first-order valence-electron chi connectivity index (χ1n) is 7.51. The maximum absolute atomic E-state index is 12.3. The van der Waals surface area contributed by atoms with E-state index in [-0.39, 0.29) is 17.4 Å². The number of piperidine rings is 1. The summed E-state index contributed by atoms with van der Waals surface area (Å²) in [5.74, 6) is 0.0651. The van der Waals surface area contributed by atoms with Crippen LogP contribution in [0.4, 0.5) is 0 Å². The Labute approximate surface area is 122 Å². The van der Waals surface area contributed by atoms with Gasteiger partial charge in [0.1, 0.15) is 0 Å². The number of likely N-dealkylation sites (tertiary alicyclic amines) is 1. The fourth-order valence-electron chi connectivity index (χ4n) is 2.26. The van der Waals surface area contributed by atoms with Gasteiger partial charge in [-0.1, -0.05) is 20.8 Å². The van der Waals surface area contributed by atoms with Gasteiger partial charge in [0.05, 0.1) is 12.1 Å². The molecule has 1 heterocycles. The van der Waals surface area contributed by atoms with Crippen LogP contribution in [0, 0.1) is 5.41 Å². The predicted molar refractivity (Wildman–Crippen MR) is 79.5 cm³/mol. The van der Waals surface area contributed by atoms with Gasteiger partial charge >= 0.3 is 0 Å². The van der Waals surface area contributed by atoms with Gasteiger partial charge in [-0.05, 0) is 24.7 Å². The highest BCUT2D eigenvalue weighted by Gasteiger charge is 2.32. The average molecular weight is 286 g/mol. The van der Waals surface area contributed by atoms with Gasteiger partial charge in [0.2, 0.25) is 5.91 Å². The van der Waals surface area contributed by atoms with Crippen molar-refractivity contribution in [1.82, 2.24) is 4.90 Å². The monoisotopic (exact) mass is 286 g/mol. The molecule has 1 rings (SSSR count). The standard InChI is InChI=1S/C15H30N2O3/c1-15(2,3)13(16)14(18)17-8-6-12(7-9-17)20-11-5-10-19-4/h12-13H,5-11,16H2,1-4H3/t13-/m1/s1. The Kier molecular flexibility index (Phi) is 6.92. The lowest BCUT2D eigenvalue weighted by atomic mass is 9.86. The lowest BCUT2D eigenvalue weighted by Gasteiger charge is -2.36. The first kappa shape index (κ1) is 17.4. The molecule has 1 fully saturated rings. The van der Waals surface area contributed by atoms with Crippen molar-refractivity contribution >= 4 is 5.91 Å². The van der Waals surface area contributed by atoms with Gasteiger partial charge in [-0.2, -0.15) is 0 Å². The minimum atomic E-state index is -0.429. The van der Waals surface area contributed by atoms with Crippen molar-refractivity contribution in [3.05, 3.63) is 0 Å². The van der Waals surface area contributed by atoms with Crippen LogP contribution < -0.4 is 5.73 Å². The van der Waals surface area contributed by atoms with Crippen LogP contribution in [-0.4, -0.2) is 56.4 Å². The summed E-state index contributed by atoms with van der Waals surface area (Å²) in [6, 6.07) is -0.429. The van der Waals surface area contributed by atoms with Crippen LogP contribution in [-0.2, 0) is 14.3 Å². The maximum Gasteiger partial charge on any atom is 0.240 e. The predicted octanol–water partition coefficient (Wildman–Crippen LogP) is 1.40. The molecule has 0 aromatic rings. The normalized spacial score (nSPS) is 19.1. The van der Waals surface area contributed by atoms with E-state index in [1.54, 1.807) is 7.11 Å². The molecule has 0 bridgehead atoms. The average Bonchev–Trinajstić information content (AvgIpc) is 2.41. The van der Waals surface area contributed by atoms with Gasteiger partial charge in [0.25, 0.3) is 0 Å². The molecule has 1 amide bonds. The van der Waals surface area contributed by atoms with Crippen LogP contribution in [0.5, 0.6) is 0 Å². The summed E-state index contributed by atoms with van der Waals surface area (Å²) in [6.07, 6.45) is 2.98. The molecule has 5 heteroatoms. The Morgan fingerprint density at radius 1 is 1.30 bits per heavy atom. The summed E-state index contributed by atoms with van der Waals surface area (Å²) >= 11 is 0. The highest BCUT2D eigenvalue weighted by Crippen LogP contribution is 2.21. The Balaban J connectivity index is 2.29. The number of rotatable bonds is 6. The second kappa shape index (κ2) is 7.96. The number of carbonyl (C=O) groups is 1. The van der Waals surface area contributed by atoms with E-state index in [0.29, 0.717) is 0 Å². The van der Waals surface area contributed by atoms with E-state index >= 15 is 0 Å². The zero-order valence-corrected chi connectivity index (χ0v) is 13.4. The van der Waals surface area contributed by atoms with E-state index in [1.165, 1.54) is 0 Å². The van der Waals surface area contributed by atoms with E-state index in [2.05, 4.69) is 0 Å². The zero-order valence-electron chi connectivity index (χ0n) is 13.4. The number of nitrogens with two attached hydrogens (primary N) is 1. The van der Waals surface area contributed by atoms with E-state index < -0.39 is 6.04 Å². The first-order valence-corrected chi connectivity index (χ1v) is 7.51. The van der Waals surface area contributed by atoms with Gasteiger partial charge in [-0.25, -0.2) is 0 Å². The fourth-order valence-corrected chi connectivity index (χ4v) is 2.26. The van der Waals surface area contributed by atoms with Crippen molar-refractivity contribution in [2.45, 2.75) is 52.2 Å². The van der Waals surface area contributed by atoms with Crippen molar-refractivity contribution in [2.24, 2.45) is 11.1 Å². The summed E-state index contributed by atoms with van der Waals surface area (Å²) in [4.78, 5) is 14.2. The molecular weight excluding hydrogens is 256 g/mol. The van der Waals surface area contributed by atoms with Crippen molar-refractivity contribution in [3.8, 4) is 0 Å². The Hall–Kier alpha value is -0.650. The number of amides is 1. The molecule has 1 atom stereocenters. The molecule has 0 aromatic heterocycles. The van der Waals surface area contributed by atoms with E-state index in [9.17, 15) is 4.79 Å². The lowest BCUT2D eigenvalue weighted by Crippen LogP contribution is -2.53. The quantitative estimate of drug-likeness (QED) is 0.750.